The van der Waals surface area contributed by atoms with Crippen LogP contribution in [0.25, 0.3) is 0 Å². The summed E-state index contributed by atoms with van der Waals surface area (Å²) in [7, 11) is 1.88. The lowest BCUT2D eigenvalue weighted by molar-refractivity contribution is -0.113. The van der Waals surface area contributed by atoms with Gasteiger partial charge in [-0.2, -0.15) is 0 Å². The number of aromatic nitrogens is 3. The van der Waals surface area contributed by atoms with Crippen LogP contribution in [0.15, 0.2) is 53.7 Å². The van der Waals surface area contributed by atoms with Crippen LogP contribution >= 0.6 is 11.8 Å². The van der Waals surface area contributed by atoms with Crippen LogP contribution in [0.1, 0.15) is 30.0 Å². The molecule has 146 valence electrons. The Morgan fingerprint density at radius 2 is 1.89 bits per heavy atom. The van der Waals surface area contributed by atoms with Crippen LogP contribution in [-0.2, 0) is 11.8 Å². The Hall–Kier alpha value is -2.80. The second kappa shape index (κ2) is 8.93. The Morgan fingerprint density at radius 1 is 1.14 bits per heavy atom. The maximum atomic E-state index is 12.3. The quantitative estimate of drug-likeness (QED) is 0.603. The summed E-state index contributed by atoms with van der Waals surface area (Å²) in [6, 6.07) is 15.5. The van der Waals surface area contributed by atoms with Gasteiger partial charge in [-0.15, -0.1) is 10.2 Å². The molecule has 3 aromatic rings. The molecule has 2 aromatic carbocycles. The van der Waals surface area contributed by atoms with E-state index in [1.165, 1.54) is 11.8 Å². The lowest BCUT2D eigenvalue weighted by Gasteiger charge is -2.14. The topological polar surface area (TPSA) is 69.0 Å². The zero-order chi connectivity index (χ0) is 20.1. The third-order valence-electron chi connectivity index (χ3n) is 4.50. The van der Waals surface area contributed by atoms with E-state index in [1.54, 1.807) is 0 Å². The van der Waals surface area contributed by atoms with Crippen molar-refractivity contribution < 1.29 is 9.53 Å². The van der Waals surface area contributed by atoms with Gasteiger partial charge in [-0.25, -0.2) is 0 Å². The van der Waals surface area contributed by atoms with Gasteiger partial charge in [0.2, 0.25) is 5.91 Å². The largest absolute Gasteiger partial charge is 0.483 e. The maximum absolute atomic E-state index is 12.3. The van der Waals surface area contributed by atoms with Crippen molar-refractivity contribution in [3.8, 4) is 5.75 Å². The highest BCUT2D eigenvalue weighted by Gasteiger charge is 2.18. The highest BCUT2D eigenvalue weighted by atomic mass is 32.2. The molecule has 1 N–H and O–H groups in total. The number of aryl methyl sites for hydroxylation is 1. The van der Waals surface area contributed by atoms with E-state index in [2.05, 4.69) is 15.5 Å². The van der Waals surface area contributed by atoms with Gasteiger partial charge in [0.15, 0.2) is 17.1 Å². The molecular formula is C21H24N4O2S. The molecule has 28 heavy (non-hydrogen) atoms. The van der Waals surface area contributed by atoms with Gasteiger partial charge < -0.3 is 14.6 Å². The molecule has 7 heteroatoms. The molecule has 0 saturated heterocycles. The number of ether oxygens (including phenoxy) is 1. The molecule has 0 bridgehead atoms. The fourth-order valence-corrected chi connectivity index (χ4v) is 3.48. The van der Waals surface area contributed by atoms with Crippen molar-refractivity contribution in [2.24, 2.45) is 7.05 Å². The second-order valence-electron chi connectivity index (χ2n) is 6.56. The van der Waals surface area contributed by atoms with Gasteiger partial charge in [0.1, 0.15) is 5.75 Å². The summed E-state index contributed by atoms with van der Waals surface area (Å²) >= 11 is 1.35. The summed E-state index contributed by atoms with van der Waals surface area (Å²) in [5, 5.41) is 12.1. The van der Waals surface area contributed by atoms with Crippen LogP contribution in [0.3, 0.4) is 0 Å². The molecule has 3 rings (SSSR count). The Kier molecular flexibility index (Phi) is 6.36. The van der Waals surface area contributed by atoms with Gasteiger partial charge in [0, 0.05) is 12.7 Å². The summed E-state index contributed by atoms with van der Waals surface area (Å²) in [6.45, 7) is 5.96. The number of carbonyl (C=O) groups excluding carboxylic acids is 1. The average molecular weight is 397 g/mol. The van der Waals surface area contributed by atoms with E-state index in [1.807, 2.05) is 80.9 Å². The first-order valence-corrected chi connectivity index (χ1v) is 10.0. The fourth-order valence-electron chi connectivity index (χ4n) is 2.76. The molecule has 0 aliphatic heterocycles. The van der Waals surface area contributed by atoms with Crippen LogP contribution in [-0.4, -0.2) is 26.4 Å². The zero-order valence-corrected chi connectivity index (χ0v) is 17.3. The van der Waals surface area contributed by atoms with E-state index in [0.717, 1.165) is 22.6 Å². The van der Waals surface area contributed by atoms with E-state index >= 15 is 0 Å². The summed E-state index contributed by atoms with van der Waals surface area (Å²) in [4.78, 5) is 12.3. The summed E-state index contributed by atoms with van der Waals surface area (Å²) in [5.74, 6) is 1.67. The smallest absolute Gasteiger partial charge is 0.234 e. The number of para-hydroxylation sites is 1. The average Bonchev–Trinajstić information content (AvgIpc) is 3.05. The summed E-state index contributed by atoms with van der Waals surface area (Å²) in [6.07, 6.45) is -0.252. The number of hydrogen-bond acceptors (Lipinski definition) is 5. The Labute approximate surface area is 169 Å². The Morgan fingerprint density at radius 3 is 2.64 bits per heavy atom. The zero-order valence-electron chi connectivity index (χ0n) is 16.5. The minimum atomic E-state index is -0.252. The molecule has 0 saturated carbocycles. The minimum Gasteiger partial charge on any atom is -0.483 e. The molecule has 1 amide bonds. The molecule has 0 fully saturated rings. The van der Waals surface area contributed by atoms with Crippen LogP contribution in [0.4, 0.5) is 5.69 Å². The van der Waals surface area contributed by atoms with E-state index in [9.17, 15) is 4.79 Å². The molecule has 0 aliphatic rings. The van der Waals surface area contributed by atoms with E-state index < -0.39 is 0 Å². The minimum absolute atomic E-state index is 0.0724. The van der Waals surface area contributed by atoms with E-state index in [0.29, 0.717) is 11.0 Å². The third-order valence-corrected chi connectivity index (χ3v) is 5.52. The van der Waals surface area contributed by atoms with E-state index in [4.69, 9.17) is 4.74 Å². The van der Waals surface area contributed by atoms with Gasteiger partial charge >= 0.3 is 0 Å². The molecule has 1 aromatic heterocycles. The fraction of sp³-hybridized carbons (Fsp3) is 0.286. The number of amides is 1. The summed E-state index contributed by atoms with van der Waals surface area (Å²) in [5.41, 5.74) is 3.07. The standard InChI is InChI=1S/C21H24N4O2S/c1-14-9-8-12-18(15(14)2)22-19(26)13-28-21-24-23-20(25(21)4)16(3)27-17-10-6-5-7-11-17/h5-12,16H,13H2,1-4H3,(H,22,26)/t16-/m0/s1. The van der Waals surface area contributed by atoms with E-state index in [-0.39, 0.29) is 17.8 Å². The van der Waals surface area contributed by atoms with Gasteiger partial charge in [0.05, 0.1) is 5.75 Å². The monoisotopic (exact) mass is 396 g/mol. The number of anilines is 1. The first-order valence-electron chi connectivity index (χ1n) is 9.05. The van der Waals surface area contributed by atoms with Crippen molar-refractivity contribution in [1.29, 1.82) is 0 Å². The Balaban J connectivity index is 1.59. The second-order valence-corrected chi connectivity index (χ2v) is 7.50. The number of nitrogens with one attached hydrogen (secondary N) is 1. The van der Waals surface area contributed by atoms with Crippen LogP contribution in [0.2, 0.25) is 0 Å². The van der Waals surface area contributed by atoms with Crippen LogP contribution in [0.5, 0.6) is 5.75 Å². The van der Waals surface area contributed by atoms with Crippen molar-refractivity contribution in [2.75, 3.05) is 11.1 Å². The van der Waals surface area contributed by atoms with Gasteiger partial charge in [-0.3, -0.25) is 4.79 Å². The number of benzene rings is 2. The van der Waals surface area contributed by atoms with Crippen molar-refractivity contribution >= 4 is 23.4 Å². The molecular weight excluding hydrogens is 372 g/mol. The SMILES string of the molecule is Cc1cccc(NC(=O)CSc2nnc([C@H](C)Oc3ccccc3)n2C)c1C. The van der Waals surface area contributed by atoms with Gasteiger partial charge in [-0.1, -0.05) is 42.1 Å². The molecule has 1 heterocycles. The maximum Gasteiger partial charge on any atom is 0.234 e. The Bertz CT molecular complexity index is 956. The predicted molar refractivity (Wildman–Crippen MR) is 112 cm³/mol. The normalized spacial score (nSPS) is 11.9. The molecule has 6 nitrogen and oxygen atoms in total. The number of thioether (sulfide) groups is 1. The highest BCUT2D eigenvalue weighted by Crippen LogP contribution is 2.24. The van der Waals surface area contributed by atoms with Crippen molar-refractivity contribution in [3.05, 3.63) is 65.5 Å². The van der Waals surface area contributed by atoms with Gasteiger partial charge in [0.25, 0.3) is 0 Å². The predicted octanol–water partition coefficient (Wildman–Crippen LogP) is 4.30. The number of rotatable bonds is 7. The first-order chi connectivity index (χ1) is 13.5. The molecule has 0 spiro atoms. The third kappa shape index (κ3) is 4.72. The molecule has 0 unspecified atom stereocenters. The number of nitrogens with zero attached hydrogens (tertiary/aromatic N) is 3. The lowest BCUT2D eigenvalue weighted by atomic mass is 10.1. The van der Waals surface area contributed by atoms with Crippen LogP contribution in [0, 0.1) is 13.8 Å². The molecule has 1 atom stereocenters. The van der Waals surface area contributed by atoms with Crippen molar-refractivity contribution in [1.82, 2.24) is 14.8 Å². The highest BCUT2D eigenvalue weighted by molar-refractivity contribution is 7.99. The lowest BCUT2D eigenvalue weighted by Crippen LogP contribution is -2.15. The van der Waals surface area contributed by atoms with Gasteiger partial charge in [-0.05, 0) is 50.1 Å². The number of carbonyl (C=O) groups is 1. The van der Waals surface area contributed by atoms with Crippen molar-refractivity contribution in [3.63, 3.8) is 0 Å². The first kappa shape index (κ1) is 19.9. The molecule has 0 aliphatic carbocycles. The molecule has 0 radical (unpaired) electrons. The van der Waals surface area contributed by atoms with Crippen molar-refractivity contribution in [2.45, 2.75) is 32.0 Å². The number of hydrogen-bond donors (Lipinski definition) is 1. The van der Waals surface area contributed by atoms with Crippen LogP contribution < -0.4 is 10.1 Å². The summed E-state index contributed by atoms with van der Waals surface area (Å²) < 4.78 is 7.78.